The molecule has 0 saturated heterocycles. The zero-order chi connectivity index (χ0) is 16.7. The molecule has 4 aromatic rings. The van der Waals surface area contributed by atoms with Gasteiger partial charge in [-0.2, -0.15) is 4.52 Å². The third-order valence-electron chi connectivity index (χ3n) is 3.65. The molecule has 0 fully saturated rings. The minimum Gasteiger partial charge on any atom is -0.496 e. The molecule has 7 heteroatoms. The quantitative estimate of drug-likeness (QED) is 0.615. The van der Waals surface area contributed by atoms with Crippen molar-refractivity contribution in [2.45, 2.75) is 0 Å². The molecular formula is C17H13FN4OS. The largest absolute Gasteiger partial charge is 0.496 e. The fourth-order valence-corrected chi connectivity index (χ4v) is 3.27. The molecule has 2 N–H and O–H groups in total. The zero-order valence-corrected chi connectivity index (χ0v) is 13.5. The van der Waals surface area contributed by atoms with Crippen LogP contribution in [0, 0.1) is 5.82 Å². The predicted octanol–water partition coefficient (Wildman–Crippen LogP) is 3.85. The Balaban J connectivity index is 1.83. The van der Waals surface area contributed by atoms with E-state index < -0.39 is 0 Å². The van der Waals surface area contributed by atoms with E-state index in [4.69, 9.17) is 10.5 Å². The van der Waals surface area contributed by atoms with Gasteiger partial charge in [-0.15, -0.1) is 16.4 Å². The summed E-state index contributed by atoms with van der Waals surface area (Å²) in [4.78, 5) is 5.42. The second kappa shape index (κ2) is 5.61. The third-order valence-corrected chi connectivity index (χ3v) is 4.56. The van der Waals surface area contributed by atoms with Gasteiger partial charge in [0.15, 0.2) is 11.5 Å². The van der Waals surface area contributed by atoms with Crippen LogP contribution in [0.3, 0.4) is 0 Å². The van der Waals surface area contributed by atoms with E-state index in [1.165, 1.54) is 23.5 Å². The summed E-state index contributed by atoms with van der Waals surface area (Å²) < 4.78 is 20.2. The van der Waals surface area contributed by atoms with Crippen LogP contribution in [0.1, 0.15) is 0 Å². The van der Waals surface area contributed by atoms with Crippen molar-refractivity contribution in [3.63, 3.8) is 0 Å². The van der Waals surface area contributed by atoms with Gasteiger partial charge < -0.3 is 10.5 Å². The number of halogens is 1. The molecule has 3 heterocycles. The molecule has 0 aliphatic carbocycles. The molecule has 24 heavy (non-hydrogen) atoms. The highest BCUT2D eigenvalue weighted by molar-refractivity contribution is 7.13. The molecule has 120 valence electrons. The number of pyridine rings is 1. The van der Waals surface area contributed by atoms with E-state index in [1.54, 1.807) is 23.8 Å². The second-order valence-corrected chi connectivity index (χ2v) is 6.15. The number of hydrogen-bond acceptors (Lipinski definition) is 5. The molecule has 0 spiro atoms. The number of ether oxygens (including phenoxy) is 1. The molecule has 0 unspecified atom stereocenters. The standard InChI is InChI=1S/C17H13FN4OS/c1-23-13-8-14(24-9-13)17-20-16-7-11(6-15(19)22(16)21-17)10-3-2-4-12(18)5-10/h2-9H,19H2,1H3. The smallest absolute Gasteiger partial charge is 0.192 e. The lowest BCUT2D eigenvalue weighted by Gasteiger charge is -2.04. The zero-order valence-electron chi connectivity index (χ0n) is 12.7. The lowest BCUT2D eigenvalue weighted by Crippen LogP contribution is -1.99. The van der Waals surface area contributed by atoms with Crippen molar-refractivity contribution in [1.29, 1.82) is 0 Å². The molecule has 0 bridgehead atoms. The Morgan fingerprint density at radius 2 is 2.04 bits per heavy atom. The van der Waals surface area contributed by atoms with E-state index in [-0.39, 0.29) is 5.82 Å². The van der Waals surface area contributed by atoms with Crippen molar-refractivity contribution in [3.05, 3.63) is 53.7 Å². The van der Waals surface area contributed by atoms with Crippen molar-refractivity contribution in [2.24, 2.45) is 0 Å². The van der Waals surface area contributed by atoms with Gasteiger partial charge in [-0.1, -0.05) is 12.1 Å². The van der Waals surface area contributed by atoms with Gasteiger partial charge in [0, 0.05) is 11.4 Å². The van der Waals surface area contributed by atoms with E-state index in [1.807, 2.05) is 23.6 Å². The Kier molecular flexibility index (Phi) is 3.42. The van der Waals surface area contributed by atoms with Crippen molar-refractivity contribution < 1.29 is 9.13 Å². The van der Waals surface area contributed by atoms with E-state index in [2.05, 4.69) is 10.1 Å². The Morgan fingerprint density at radius 3 is 2.79 bits per heavy atom. The number of benzene rings is 1. The summed E-state index contributed by atoms with van der Waals surface area (Å²) in [5, 5.41) is 6.34. The highest BCUT2D eigenvalue weighted by Gasteiger charge is 2.13. The summed E-state index contributed by atoms with van der Waals surface area (Å²) in [6.07, 6.45) is 0. The molecule has 0 atom stereocenters. The maximum Gasteiger partial charge on any atom is 0.192 e. The number of rotatable bonds is 3. The lowest BCUT2D eigenvalue weighted by molar-refractivity contribution is 0.417. The number of nitrogens with two attached hydrogens (primary N) is 1. The van der Waals surface area contributed by atoms with Crippen molar-refractivity contribution in [2.75, 3.05) is 12.8 Å². The fourth-order valence-electron chi connectivity index (χ4n) is 2.49. The SMILES string of the molecule is COc1csc(-c2nc3cc(-c4cccc(F)c4)cc(N)n3n2)c1. The summed E-state index contributed by atoms with van der Waals surface area (Å²) in [6, 6.07) is 11.8. The van der Waals surface area contributed by atoms with Gasteiger partial charge in [0.1, 0.15) is 17.4 Å². The molecule has 4 rings (SSSR count). The average Bonchev–Trinajstić information content (AvgIpc) is 3.21. The molecule has 0 saturated carbocycles. The van der Waals surface area contributed by atoms with Crippen LogP contribution < -0.4 is 10.5 Å². The van der Waals surface area contributed by atoms with Crippen molar-refractivity contribution >= 4 is 22.8 Å². The minimum absolute atomic E-state index is 0.293. The third kappa shape index (κ3) is 2.48. The number of fused-ring (bicyclic) bond motifs is 1. The van der Waals surface area contributed by atoms with Crippen LogP contribution in [0.2, 0.25) is 0 Å². The van der Waals surface area contributed by atoms with Gasteiger partial charge in [-0.3, -0.25) is 0 Å². The Morgan fingerprint density at radius 1 is 1.17 bits per heavy atom. The predicted molar refractivity (Wildman–Crippen MR) is 92.7 cm³/mol. The van der Waals surface area contributed by atoms with E-state index in [0.29, 0.717) is 17.3 Å². The first-order valence-corrected chi connectivity index (χ1v) is 8.07. The first kappa shape index (κ1) is 14.6. The van der Waals surface area contributed by atoms with Crippen LogP contribution in [0.4, 0.5) is 10.2 Å². The molecule has 1 aromatic carbocycles. The fraction of sp³-hybridized carbons (Fsp3) is 0.0588. The van der Waals surface area contributed by atoms with Gasteiger partial charge in [-0.05, 0) is 35.4 Å². The van der Waals surface area contributed by atoms with Gasteiger partial charge in [-0.25, -0.2) is 9.37 Å². The molecule has 3 aromatic heterocycles. The Hall–Kier alpha value is -2.93. The second-order valence-electron chi connectivity index (χ2n) is 5.24. The lowest BCUT2D eigenvalue weighted by atomic mass is 10.1. The number of aromatic nitrogens is 3. The number of thiophene rings is 1. The number of nitrogens with zero attached hydrogens (tertiary/aromatic N) is 3. The van der Waals surface area contributed by atoms with Crippen molar-refractivity contribution in [3.8, 4) is 27.6 Å². The topological polar surface area (TPSA) is 65.4 Å². The summed E-state index contributed by atoms with van der Waals surface area (Å²) in [5.74, 6) is 1.49. The van der Waals surface area contributed by atoms with Crippen LogP contribution in [0.15, 0.2) is 47.8 Å². The molecule has 0 amide bonds. The molecule has 0 aliphatic heterocycles. The number of anilines is 1. The van der Waals surface area contributed by atoms with Crippen LogP contribution in [-0.2, 0) is 0 Å². The summed E-state index contributed by atoms with van der Waals surface area (Å²) in [7, 11) is 1.62. The molecule has 0 radical (unpaired) electrons. The maximum absolute atomic E-state index is 13.5. The monoisotopic (exact) mass is 340 g/mol. The van der Waals surface area contributed by atoms with Gasteiger partial charge in [0.2, 0.25) is 0 Å². The first-order chi connectivity index (χ1) is 11.6. The minimum atomic E-state index is -0.293. The van der Waals surface area contributed by atoms with Gasteiger partial charge >= 0.3 is 0 Å². The first-order valence-electron chi connectivity index (χ1n) is 7.19. The van der Waals surface area contributed by atoms with Gasteiger partial charge in [0.25, 0.3) is 0 Å². The summed E-state index contributed by atoms with van der Waals surface area (Å²) in [5.41, 5.74) is 8.24. The summed E-state index contributed by atoms with van der Waals surface area (Å²) in [6.45, 7) is 0. The normalized spacial score (nSPS) is 11.1. The molecule has 5 nitrogen and oxygen atoms in total. The van der Waals surface area contributed by atoms with Crippen molar-refractivity contribution in [1.82, 2.24) is 14.6 Å². The van der Waals surface area contributed by atoms with Crippen LogP contribution in [-0.4, -0.2) is 21.7 Å². The Bertz CT molecular complexity index is 1040. The highest BCUT2D eigenvalue weighted by Crippen LogP contribution is 2.30. The highest BCUT2D eigenvalue weighted by atomic mass is 32.1. The molecular weight excluding hydrogens is 327 g/mol. The number of hydrogen-bond donors (Lipinski definition) is 1. The van der Waals surface area contributed by atoms with E-state index >= 15 is 0 Å². The van der Waals surface area contributed by atoms with Gasteiger partial charge in [0.05, 0.1) is 12.0 Å². The average molecular weight is 340 g/mol. The maximum atomic E-state index is 13.5. The van der Waals surface area contributed by atoms with E-state index in [0.717, 1.165) is 21.8 Å². The summed E-state index contributed by atoms with van der Waals surface area (Å²) >= 11 is 1.50. The Labute approximate surface area is 141 Å². The van der Waals surface area contributed by atoms with Crippen LogP contribution >= 0.6 is 11.3 Å². The number of methoxy groups -OCH3 is 1. The van der Waals surface area contributed by atoms with Crippen LogP contribution in [0.25, 0.3) is 27.5 Å². The van der Waals surface area contributed by atoms with E-state index in [9.17, 15) is 4.39 Å². The number of nitrogen functional groups attached to an aromatic ring is 1. The van der Waals surface area contributed by atoms with Crippen LogP contribution in [0.5, 0.6) is 5.75 Å². The molecule has 0 aliphatic rings.